The molecule has 0 unspecified atom stereocenters. The van der Waals surface area contributed by atoms with Gasteiger partial charge in [0.15, 0.2) is 6.29 Å². The number of carbonyl (C=O) groups excluding carboxylic acids is 1. The first-order valence-electron chi connectivity index (χ1n) is 7.36. The molecular weight excluding hydrogens is 367 g/mol. The molecule has 3 heteroatoms. The van der Waals surface area contributed by atoms with Crippen LogP contribution >= 0.6 is 7.26 Å². The van der Waals surface area contributed by atoms with E-state index in [1.54, 1.807) is 0 Å². The Bertz CT molecular complexity index is 633. The molecule has 0 N–H and O–H groups in total. The molecule has 0 aliphatic carbocycles. The Morgan fingerprint density at radius 3 is 1.17 bits per heavy atom. The van der Waals surface area contributed by atoms with Crippen LogP contribution in [0.25, 0.3) is 0 Å². The second-order valence-corrected chi connectivity index (χ2v) is 8.70. The van der Waals surface area contributed by atoms with E-state index in [-0.39, 0.29) is 17.0 Å². The normalized spacial score (nSPS) is 10.6. The van der Waals surface area contributed by atoms with Crippen LogP contribution < -0.4 is 32.9 Å². The van der Waals surface area contributed by atoms with Crippen LogP contribution in [0.3, 0.4) is 0 Å². The summed E-state index contributed by atoms with van der Waals surface area (Å²) < 4.78 is 0. The van der Waals surface area contributed by atoms with E-state index < -0.39 is 7.26 Å². The highest BCUT2D eigenvalue weighted by Crippen LogP contribution is 2.54. The molecule has 0 aliphatic heterocycles. The molecule has 0 fully saturated rings. The fourth-order valence-corrected chi connectivity index (χ4v) is 6.72. The molecule has 0 saturated heterocycles. The van der Waals surface area contributed by atoms with Crippen molar-refractivity contribution in [1.29, 1.82) is 0 Å². The smallest absolute Gasteiger partial charge is 0.158 e. The van der Waals surface area contributed by atoms with E-state index in [1.807, 2.05) is 18.2 Å². The number of halogens is 1. The van der Waals surface area contributed by atoms with E-state index in [1.165, 1.54) is 15.9 Å². The minimum absolute atomic E-state index is 0. The van der Waals surface area contributed by atoms with E-state index in [2.05, 4.69) is 72.8 Å². The number of hydrogen-bond acceptors (Lipinski definition) is 1. The monoisotopic (exact) mass is 384 g/mol. The highest BCUT2D eigenvalue weighted by Gasteiger charge is 2.44. The third-order valence-corrected chi connectivity index (χ3v) is 8.18. The van der Waals surface area contributed by atoms with Gasteiger partial charge in [-0.1, -0.05) is 54.6 Å². The van der Waals surface area contributed by atoms with Crippen LogP contribution in [0.5, 0.6) is 0 Å². The van der Waals surface area contributed by atoms with Gasteiger partial charge in [0.25, 0.3) is 0 Å². The Hall–Kier alpha value is -1.76. The summed E-state index contributed by atoms with van der Waals surface area (Å²) in [5.74, 6) is 0. The van der Waals surface area contributed by atoms with Crippen molar-refractivity contribution in [3.63, 3.8) is 0 Å². The molecule has 0 heterocycles. The van der Waals surface area contributed by atoms with Gasteiger partial charge in [-0.2, -0.15) is 0 Å². The third kappa shape index (κ3) is 3.44. The molecule has 0 atom stereocenters. The maximum absolute atomic E-state index is 11.6. The Labute approximate surface area is 148 Å². The third-order valence-electron chi connectivity index (χ3n) is 3.94. The highest BCUT2D eigenvalue weighted by molar-refractivity contribution is 7.96. The van der Waals surface area contributed by atoms with Gasteiger partial charge in [-0.3, -0.25) is 4.79 Å². The second kappa shape index (κ2) is 8.19. The zero-order valence-electron chi connectivity index (χ0n) is 12.7. The molecule has 0 radical (unpaired) electrons. The van der Waals surface area contributed by atoms with Crippen LogP contribution in [-0.4, -0.2) is 12.4 Å². The first-order valence-corrected chi connectivity index (χ1v) is 9.34. The van der Waals surface area contributed by atoms with Crippen LogP contribution in [-0.2, 0) is 4.79 Å². The summed E-state index contributed by atoms with van der Waals surface area (Å²) in [6.07, 6.45) is 1.60. The van der Waals surface area contributed by atoms with Crippen LogP contribution in [0.2, 0.25) is 0 Å². The second-order valence-electron chi connectivity index (χ2n) is 5.17. The topological polar surface area (TPSA) is 17.1 Å². The quantitative estimate of drug-likeness (QED) is 0.453. The Morgan fingerprint density at radius 1 is 0.609 bits per heavy atom. The Morgan fingerprint density at radius 2 is 0.913 bits per heavy atom. The Kier molecular flexibility index (Phi) is 6.27. The van der Waals surface area contributed by atoms with Gasteiger partial charge in [0, 0.05) is 0 Å². The minimum atomic E-state index is -1.92. The molecule has 3 rings (SSSR count). The molecule has 0 spiro atoms. The number of benzene rings is 3. The fourth-order valence-electron chi connectivity index (χ4n) is 2.92. The molecule has 116 valence electrons. The number of rotatable bonds is 5. The zero-order chi connectivity index (χ0) is 15.3. The fraction of sp³-hybridized carbons (Fsp3) is 0.0500. The van der Waals surface area contributed by atoms with Gasteiger partial charge in [-0.05, 0) is 36.4 Å². The van der Waals surface area contributed by atoms with Crippen LogP contribution in [0.1, 0.15) is 0 Å². The molecule has 0 amide bonds. The van der Waals surface area contributed by atoms with Gasteiger partial charge in [-0.15, -0.1) is 0 Å². The molecule has 0 aromatic heterocycles. The Balaban J connectivity index is 0.00000192. The molecule has 23 heavy (non-hydrogen) atoms. The van der Waals surface area contributed by atoms with Crippen molar-refractivity contribution in [3.8, 4) is 0 Å². The van der Waals surface area contributed by atoms with Crippen LogP contribution in [0.4, 0.5) is 0 Å². The lowest BCUT2D eigenvalue weighted by atomic mass is 10.4. The summed E-state index contributed by atoms with van der Waals surface area (Å²) in [6, 6.07) is 31.3. The molecule has 1 nitrogen and oxygen atoms in total. The van der Waals surface area contributed by atoms with Crippen molar-refractivity contribution in [2.24, 2.45) is 0 Å². The van der Waals surface area contributed by atoms with Gasteiger partial charge in [0.1, 0.15) is 29.3 Å². The number of carbonyl (C=O) groups is 1. The van der Waals surface area contributed by atoms with E-state index in [4.69, 9.17) is 0 Å². The number of aldehydes is 1. The SMILES string of the molecule is O=CC[P+](c1ccccc1)(c1ccccc1)c1ccccc1.[Br-]. The highest BCUT2D eigenvalue weighted by atomic mass is 79.9. The molecule has 3 aromatic carbocycles. The zero-order valence-corrected chi connectivity index (χ0v) is 15.2. The average molecular weight is 385 g/mol. The number of hydrogen-bond donors (Lipinski definition) is 0. The maximum atomic E-state index is 11.6. The molecule has 0 bridgehead atoms. The first-order chi connectivity index (χ1) is 10.9. The van der Waals surface area contributed by atoms with E-state index in [0.29, 0.717) is 6.16 Å². The van der Waals surface area contributed by atoms with Crippen molar-refractivity contribution in [2.75, 3.05) is 6.16 Å². The lowest BCUT2D eigenvalue weighted by Gasteiger charge is -2.25. The summed E-state index contributed by atoms with van der Waals surface area (Å²) in [4.78, 5) is 11.6. The molecular formula is C20H18BrOP. The van der Waals surface area contributed by atoms with Crippen molar-refractivity contribution in [3.05, 3.63) is 91.0 Å². The summed E-state index contributed by atoms with van der Waals surface area (Å²) in [5, 5.41) is 3.75. The van der Waals surface area contributed by atoms with Crippen molar-refractivity contribution in [2.45, 2.75) is 0 Å². The molecule has 0 saturated carbocycles. The van der Waals surface area contributed by atoms with Gasteiger partial charge >= 0.3 is 0 Å². The van der Waals surface area contributed by atoms with E-state index in [0.717, 1.165) is 6.29 Å². The van der Waals surface area contributed by atoms with Crippen LogP contribution in [0, 0.1) is 0 Å². The lowest BCUT2D eigenvalue weighted by Crippen LogP contribution is -3.00. The van der Waals surface area contributed by atoms with Gasteiger partial charge in [-0.25, -0.2) is 0 Å². The largest absolute Gasteiger partial charge is 1.00 e. The summed E-state index contributed by atoms with van der Waals surface area (Å²) >= 11 is 0. The maximum Gasteiger partial charge on any atom is 0.158 e. The summed E-state index contributed by atoms with van der Waals surface area (Å²) in [7, 11) is -1.92. The average Bonchev–Trinajstić information content (AvgIpc) is 2.62. The lowest BCUT2D eigenvalue weighted by molar-refractivity contribution is -0.105. The summed E-state index contributed by atoms with van der Waals surface area (Å²) in [6.45, 7) is 0. The standard InChI is InChI=1S/C20H18OP.BrH/c21-16-17-22(18-10-4-1-5-11-18,19-12-6-2-7-13-19)20-14-8-3-9-15-20;/h1-16H,17H2;1H/q+1;/p-1. The van der Waals surface area contributed by atoms with Crippen molar-refractivity contribution < 1.29 is 21.8 Å². The minimum Gasteiger partial charge on any atom is -1.00 e. The first kappa shape index (κ1) is 17.6. The van der Waals surface area contributed by atoms with E-state index in [9.17, 15) is 4.79 Å². The molecule has 0 aliphatic rings. The van der Waals surface area contributed by atoms with E-state index >= 15 is 0 Å². The predicted octanol–water partition coefficient (Wildman–Crippen LogP) is 0.183. The van der Waals surface area contributed by atoms with Crippen molar-refractivity contribution in [1.82, 2.24) is 0 Å². The van der Waals surface area contributed by atoms with Gasteiger partial charge in [0.2, 0.25) is 0 Å². The predicted molar refractivity (Wildman–Crippen MR) is 96.1 cm³/mol. The van der Waals surface area contributed by atoms with Crippen LogP contribution in [0.15, 0.2) is 91.0 Å². The van der Waals surface area contributed by atoms with Gasteiger partial charge in [0.05, 0.1) is 0 Å². The molecule has 3 aromatic rings. The summed E-state index contributed by atoms with van der Waals surface area (Å²) in [5.41, 5.74) is 0. The van der Waals surface area contributed by atoms with Gasteiger partial charge < -0.3 is 17.0 Å². The van der Waals surface area contributed by atoms with Crippen molar-refractivity contribution >= 4 is 29.5 Å².